The van der Waals surface area contributed by atoms with Crippen LogP contribution in [0.3, 0.4) is 0 Å². The summed E-state index contributed by atoms with van der Waals surface area (Å²) in [6.07, 6.45) is 1.45. The second kappa shape index (κ2) is 6.38. The predicted octanol–water partition coefficient (Wildman–Crippen LogP) is 2.47. The summed E-state index contributed by atoms with van der Waals surface area (Å²) in [5.41, 5.74) is 0.983. The van der Waals surface area contributed by atoms with Crippen molar-refractivity contribution in [3.63, 3.8) is 0 Å². The fraction of sp³-hybridized carbons (Fsp3) is 0.500. The lowest BCUT2D eigenvalue weighted by atomic mass is 10.2. The van der Waals surface area contributed by atoms with Crippen LogP contribution in [0.5, 0.6) is 0 Å². The Morgan fingerprint density at radius 1 is 1.32 bits per heavy atom. The number of thioether (sulfide) groups is 1. The molecule has 0 radical (unpaired) electrons. The maximum atomic E-state index is 8.99. The molecule has 7 heteroatoms. The number of hydrogen-bond donors (Lipinski definition) is 0. The van der Waals surface area contributed by atoms with Gasteiger partial charge in [0.25, 0.3) is 0 Å². The number of nitrogens with zero attached hydrogens (tertiary/aromatic N) is 4. The molecule has 0 atom stereocenters. The summed E-state index contributed by atoms with van der Waals surface area (Å²) < 4.78 is 10.1. The number of aromatic nitrogens is 3. The topological polar surface area (TPSA) is 88.7 Å². The molecule has 2 rings (SSSR count). The van der Waals surface area contributed by atoms with Gasteiger partial charge in [0.05, 0.1) is 12.2 Å². The van der Waals surface area contributed by atoms with Crippen LogP contribution < -0.4 is 0 Å². The van der Waals surface area contributed by atoms with Gasteiger partial charge in [-0.25, -0.2) is 0 Å². The first-order chi connectivity index (χ1) is 9.24. The number of rotatable bonds is 6. The molecular formula is C12H14N4O2S. The van der Waals surface area contributed by atoms with Gasteiger partial charge in [0.1, 0.15) is 17.3 Å². The number of nitriles is 1. The zero-order valence-corrected chi connectivity index (χ0v) is 11.7. The molecule has 0 bridgehead atoms. The molecule has 0 aliphatic carbocycles. The molecule has 2 heterocycles. The molecule has 0 saturated heterocycles. The van der Waals surface area contributed by atoms with Crippen molar-refractivity contribution < 1.29 is 9.05 Å². The van der Waals surface area contributed by atoms with E-state index >= 15 is 0 Å². The average molecular weight is 278 g/mol. The third-order valence-corrected chi connectivity index (χ3v) is 3.61. The first kappa shape index (κ1) is 13.6. The van der Waals surface area contributed by atoms with Gasteiger partial charge in [0.15, 0.2) is 11.6 Å². The van der Waals surface area contributed by atoms with Crippen molar-refractivity contribution in [2.24, 2.45) is 0 Å². The van der Waals surface area contributed by atoms with Crippen LogP contribution in [0.2, 0.25) is 0 Å². The third kappa shape index (κ3) is 3.35. The van der Waals surface area contributed by atoms with E-state index in [0.29, 0.717) is 35.2 Å². The summed E-state index contributed by atoms with van der Waals surface area (Å²) in [5.74, 6) is 3.45. The smallest absolute Gasteiger partial charge is 0.232 e. The molecule has 0 aromatic carbocycles. The van der Waals surface area contributed by atoms with Crippen LogP contribution in [0.4, 0.5) is 0 Å². The summed E-state index contributed by atoms with van der Waals surface area (Å²) in [4.78, 5) is 4.27. The van der Waals surface area contributed by atoms with E-state index in [4.69, 9.17) is 14.3 Å². The Hall–Kier alpha value is -1.81. The average Bonchev–Trinajstić information content (AvgIpc) is 2.98. The lowest BCUT2D eigenvalue weighted by Gasteiger charge is -1.92. The first-order valence-electron chi connectivity index (χ1n) is 5.99. The highest BCUT2D eigenvalue weighted by molar-refractivity contribution is 7.98. The van der Waals surface area contributed by atoms with Gasteiger partial charge in [-0.3, -0.25) is 0 Å². The molecule has 0 saturated carbocycles. The van der Waals surface area contributed by atoms with E-state index < -0.39 is 0 Å². The van der Waals surface area contributed by atoms with Crippen LogP contribution in [0.25, 0.3) is 0 Å². The van der Waals surface area contributed by atoms with Gasteiger partial charge >= 0.3 is 0 Å². The molecule has 100 valence electrons. The highest BCUT2D eigenvalue weighted by Crippen LogP contribution is 2.16. The van der Waals surface area contributed by atoms with Gasteiger partial charge in [-0.2, -0.15) is 22.0 Å². The first-order valence-corrected chi connectivity index (χ1v) is 7.14. The van der Waals surface area contributed by atoms with Gasteiger partial charge in [-0.05, 0) is 19.1 Å². The Labute approximate surface area is 115 Å². The quantitative estimate of drug-likeness (QED) is 0.750. The van der Waals surface area contributed by atoms with Gasteiger partial charge in [-0.15, -0.1) is 0 Å². The maximum absolute atomic E-state index is 8.99. The van der Waals surface area contributed by atoms with Gasteiger partial charge in [0.2, 0.25) is 5.89 Å². The van der Waals surface area contributed by atoms with E-state index in [9.17, 15) is 0 Å². The standard InChI is InChI=1S/C12H14N4O2S/c1-3-4-19-7-11-14-12(18-16-11)5-10-9(6-13)8(2)17-15-10/h3-5,7H2,1-2H3. The van der Waals surface area contributed by atoms with E-state index in [1.54, 1.807) is 18.7 Å². The molecule has 0 unspecified atom stereocenters. The molecule has 0 spiro atoms. The van der Waals surface area contributed by atoms with Crippen LogP contribution in [0.15, 0.2) is 9.05 Å². The summed E-state index contributed by atoms with van der Waals surface area (Å²) in [6.45, 7) is 3.83. The van der Waals surface area contributed by atoms with Crippen molar-refractivity contribution in [3.8, 4) is 6.07 Å². The minimum Gasteiger partial charge on any atom is -0.360 e. The van der Waals surface area contributed by atoms with Crippen molar-refractivity contribution in [1.29, 1.82) is 5.26 Å². The van der Waals surface area contributed by atoms with Crippen molar-refractivity contribution in [1.82, 2.24) is 15.3 Å². The monoisotopic (exact) mass is 278 g/mol. The second-order valence-corrected chi connectivity index (χ2v) is 5.11. The predicted molar refractivity (Wildman–Crippen MR) is 69.5 cm³/mol. The van der Waals surface area contributed by atoms with Crippen molar-refractivity contribution in [2.45, 2.75) is 32.4 Å². The molecule has 0 aliphatic heterocycles. The van der Waals surface area contributed by atoms with Crippen LogP contribution in [0.1, 0.15) is 42.1 Å². The number of aryl methyl sites for hydroxylation is 1. The van der Waals surface area contributed by atoms with Crippen molar-refractivity contribution in [2.75, 3.05) is 5.75 Å². The minimum absolute atomic E-state index is 0.325. The molecule has 0 aliphatic rings. The van der Waals surface area contributed by atoms with Gasteiger partial charge < -0.3 is 9.05 Å². The molecule has 0 N–H and O–H groups in total. The Kier molecular flexibility index (Phi) is 4.58. The molecule has 0 fully saturated rings. The maximum Gasteiger partial charge on any atom is 0.232 e. The van der Waals surface area contributed by atoms with Gasteiger partial charge in [-0.1, -0.05) is 17.2 Å². The summed E-state index contributed by atoms with van der Waals surface area (Å²) in [5, 5.41) is 16.7. The van der Waals surface area contributed by atoms with E-state index in [0.717, 1.165) is 17.9 Å². The van der Waals surface area contributed by atoms with E-state index in [-0.39, 0.29) is 0 Å². The summed E-state index contributed by atoms with van der Waals surface area (Å²) in [7, 11) is 0. The fourth-order valence-electron chi connectivity index (χ4n) is 1.55. The van der Waals surface area contributed by atoms with E-state index in [2.05, 4.69) is 28.3 Å². The second-order valence-electron chi connectivity index (χ2n) is 4.01. The third-order valence-electron chi connectivity index (χ3n) is 2.45. The van der Waals surface area contributed by atoms with Crippen LogP contribution in [-0.2, 0) is 12.2 Å². The van der Waals surface area contributed by atoms with E-state index in [1.807, 2.05) is 0 Å². The fourth-order valence-corrected chi connectivity index (χ4v) is 2.29. The molecule has 2 aromatic rings. The van der Waals surface area contributed by atoms with Crippen LogP contribution in [-0.4, -0.2) is 21.1 Å². The Morgan fingerprint density at radius 3 is 2.89 bits per heavy atom. The molecule has 2 aromatic heterocycles. The van der Waals surface area contributed by atoms with Gasteiger partial charge in [0, 0.05) is 0 Å². The molecule has 19 heavy (non-hydrogen) atoms. The lowest BCUT2D eigenvalue weighted by molar-refractivity contribution is 0.369. The SMILES string of the molecule is CCCSCc1noc(Cc2noc(C)c2C#N)n1. The zero-order valence-electron chi connectivity index (χ0n) is 10.8. The van der Waals surface area contributed by atoms with E-state index in [1.165, 1.54) is 0 Å². The highest BCUT2D eigenvalue weighted by atomic mass is 32.2. The molecular weight excluding hydrogens is 264 g/mol. The summed E-state index contributed by atoms with van der Waals surface area (Å²) in [6, 6.07) is 2.06. The molecule has 6 nitrogen and oxygen atoms in total. The minimum atomic E-state index is 0.325. The zero-order chi connectivity index (χ0) is 13.7. The van der Waals surface area contributed by atoms with Crippen LogP contribution in [0, 0.1) is 18.3 Å². The summed E-state index contributed by atoms with van der Waals surface area (Å²) >= 11 is 1.77. The normalized spacial score (nSPS) is 10.6. The van der Waals surface area contributed by atoms with Crippen molar-refractivity contribution >= 4 is 11.8 Å². The highest BCUT2D eigenvalue weighted by Gasteiger charge is 2.16. The van der Waals surface area contributed by atoms with Crippen molar-refractivity contribution in [3.05, 3.63) is 28.7 Å². The Morgan fingerprint density at radius 2 is 2.16 bits per heavy atom. The van der Waals surface area contributed by atoms with Crippen LogP contribution >= 0.6 is 11.8 Å². The Balaban J connectivity index is 2.01. The lowest BCUT2D eigenvalue weighted by Crippen LogP contribution is -1.93. The molecule has 0 amide bonds. The Bertz CT molecular complexity index is 585. The number of hydrogen-bond acceptors (Lipinski definition) is 7. The largest absolute Gasteiger partial charge is 0.360 e.